The molecule has 1 unspecified atom stereocenters. The number of anilines is 1. The molecule has 0 spiro atoms. The van der Waals surface area contributed by atoms with Gasteiger partial charge in [-0.25, -0.2) is 0 Å². The summed E-state index contributed by atoms with van der Waals surface area (Å²) in [6.45, 7) is 0.653. The van der Waals surface area contributed by atoms with E-state index in [1.165, 1.54) is 7.11 Å². The second-order valence-corrected chi connectivity index (χ2v) is 6.78. The molecule has 1 atom stereocenters. The maximum Gasteiger partial charge on any atom is 0.307 e. The average Bonchev–Trinajstić information content (AvgIpc) is 3.19. The van der Waals surface area contributed by atoms with Crippen LogP contribution in [-0.2, 0) is 14.3 Å². The summed E-state index contributed by atoms with van der Waals surface area (Å²) in [6.07, 6.45) is 1.34. The number of ether oxygens (including phenoxy) is 2. The van der Waals surface area contributed by atoms with Crippen LogP contribution in [0.3, 0.4) is 0 Å². The molecule has 0 saturated carbocycles. The van der Waals surface area contributed by atoms with Gasteiger partial charge in [-0.1, -0.05) is 18.2 Å². The van der Waals surface area contributed by atoms with E-state index in [0.717, 1.165) is 12.0 Å². The van der Waals surface area contributed by atoms with Gasteiger partial charge in [-0.2, -0.15) is 0 Å². The summed E-state index contributed by atoms with van der Waals surface area (Å²) in [4.78, 5) is 38.4. The lowest BCUT2D eigenvalue weighted by molar-refractivity contribution is -0.141. The normalized spacial score (nSPS) is 14.4. The van der Waals surface area contributed by atoms with Gasteiger partial charge in [0, 0.05) is 24.2 Å². The van der Waals surface area contributed by atoms with Crippen LogP contribution in [0.15, 0.2) is 48.5 Å². The van der Waals surface area contributed by atoms with E-state index in [9.17, 15) is 14.4 Å². The van der Waals surface area contributed by atoms with Gasteiger partial charge < -0.3 is 19.7 Å². The molecule has 29 heavy (non-hydrogen) atoms. The van der Waals surface area contributed by atoms with Crippen LogP contribution in [-0.4, -0.2) is 38.5 Å². The number of hydrogen-bond donors (Lipinski definition) is 1. The Morgan fingerprint density at radius 1 is 1.14 bits per heavy atom. The molecule has 2 aromatic carbocycles. The fraction of sp³-hybridized carbons (Fsp3) is 0.318. The van der Waals surface area contributed by atoms with Gasteiger partial charge in [0.2, 0.25) is 5.91 Å². The van der Waals surface area contributed by atoms with Crippen molar-refractivity contribution in [1.82, 2.24) is 5.32 Å². The van der Waals surface area contributed by atoms with E-state index in [-0.39, 0.29) is 18.2 Å². The lowest BCUT2D eigenvalue weighted by Gasteiger charge is -2.20. The van der Waals surface area contributed by atoms with Gasteiger partial charge in [-0.15, -0.1) is 0 Å². The van der Waals surface area contributed by atoms with Crippen LogP contribution >= 0.6 is 0 Å². The van der Waals surface area contributed by atoms with Crippen LogP contribution in [0, 0.1) is 0 Å². The van der Waals surface area contributed by atoms with Crippen molar-refractivity contribution in [3.8, 4) is 5.75 Å². The predicted molar refractivity (Wildman–Crippen MR) is 108 cm³/mol. The largest absolute Gasteiger partial charge is 0.497 e. The Morgan fingerprint density at radius 3 is 2.52 bits per heavy atom. The molecule has 2 aromatic rings. The first-order chi connectivity index (χ1) is 14.0. The third-order valence-corrected chi connectivity index (χ3v) is 4.92. The van der Waals surface area contributed by atoms with E-state index >= 15 is 0 Å². The second kappa shape index (κ2) is 9.23. The Morgan fingerprint density at radius 2 is 1.90 bits per heavy atom. The van der Waals surface area contributed by atoms with Crippen LogP contribution in [0.1, 0.15) is 41.2 Å². The molecule has 2 amide bonds. The molecule has 1 fully saturated rings. The lowest BCUT2D eigenvalue weighted by atomic mass is 10.0. The van der Waals surface area contributed by atoms with Gasteiger partial charge in [0.25, 0.3) is 5.91 Å². The Balaban J connectivity index is 1.80. The highest BCUT2D eigenvalue weighted by atomic mass is 16.5. The maximum absolute atomic E-state index is 12.9. The van der Waals surface area contributed by atoms with E-state index in [0.29, 0.717) is 30.0 Å². The molecule has 1 N–H and O–H groups in total. The van der Waals surface area contributed by atoms with Crippen molar-refractivity contribution in [2.45, 2.75) is 25.3 Å². The van der Waals surface area contributed by atoms with Crippen LogP contribution in [0.2, 0.25) is 0 Å². The van der Waals surface area contributed by atoms with E-state index in [1.54, 1.807) is 54.5 Å². The fourth-order valence-corrected chi connectivity index (χ4v) is 3.32. The van der Waals surface area contributed by atoms with Crippen LogP contribution < -0.4 is 15.0 Å². The average molecular weight is 396 g/mol. The third-order valence-electron chi connectivity index (χ3n) is 4.92. The number of hydrogen-bond acceptors (Lipinski definition) is 5. The molecule has 7 nitrogen and oxygen atoms in total. The van der Waals surface area contributed by atoms with Crippen LogP contribution in [0.25, 0.3) is 0 Å². The zero-order chi connectivity index (χ0) is 20.8. The Hall–Kier alpha value is -3.35. The number of carbonyl (C=O) groups excluding carboxylic acids is 3. The molecule has 1 heterocycles. The number of nitrogens with zero attached hydrogens (tertiary/aromatic N) is 1. The number of carbonyl (C=O) groups is 3. The molecule has 0 bridgehead atoms. The highest BCUT2D eigenvalue weighted by Gasteiger charge is 2.23. The SMILES string of the molecule is COC(=O)CC(NC(=O)c1cccc(N2CCCC2=O)c1)c1ccc(OC)cc1. The zero-order valence-corrected chi connectivity index (χ0v) is 16.5. The summed E-state index contributed by atoms with van der Waals surface area (Å²) in [5.41, 5.74) is 1.88. The van der Waals surface area contributed by atoms with Gasteiger partial charge in [0.1, 0.15) is 5.75 Å². The first kappa shape index (κ1) is 20.4. The van der Waals surface area contributed by atoms with Gasteiger partial charge in [-0.3, -0.25) is 14.4 Å². The lowest BCUT2D eigenvalue weighted by Crippen LogP contribution is -2.31. The molecule has 0 aromatic heterocycles. The minimum atomic E-state index is -0.557. The Labute approximate surface area is 169 Å². The topological polar surface area (TPSA) is 84.9 Å². The molecular weight excluding hydrogens is 372 g/mol. The Kier molecular flexibility index (Phi) is 6.49. The second-order valence-electron chi connectivity index (χ2n) is 6.78. The molecule has 0 radical (unpaired) electrons. The standard InChI is InChI=1S/C22H24N2O5/c1-28-18-10-8-15(9-11-18)19(14-21(26)29-2)23-22(27)16-5-3-6-17(13-16)24-12-4-7-20(24)25/h3,5-6,8-11,13,19H,4,7,12,14H2,1-2H3,(H,23,27). The molecule has 7 heteroatoms. The maximum atomic E-state index is 12.9. The highest BCUT2D eigenvalue weighted by molar-refractivity contribution is 5.99. The van der Waals surface area contributed by atoms with Gasteiger partial charge in [-0.05, 0) is 42.3 Å². The predicted octanol–water partition coefficient (Wildman–Crippen LogP) is 2.86. The van der Waals surface area contributed by atoms with Crippen LogP contribution in [0.5, 0.6) is 5.75 Å². The number of rotatable bonds is 7. The minimum absolute atomic E-state index is 0.00112. The Bertz CT molecular complexity index is 894. The molecule has 0 aliphatic carbocycles. The van der Waals surface area contributed by atoms with E-state index in [2.05, 4.69) is 5.32 Å². The van der Waals surface area contributed by atoms with Crippen molar-refractivity contribution in [1.29, 1.82) is 0 Å². The van der Waals surface area contributed by atoms with Gasteiger partial charge in [0.15, 0.2) is 0 Å². The molecule has 152 valence electrons. The summed E-state index contributed by atoms with van der Waals surface area (Å²) < 4.78 is 9.93. The summed E-state index contributed by atoms with van der Waals surface area (Å²) >= 11 is 0. The van der Waals surface area contributed by atoms with Crippen molar-refractivity contribution in [2.75, 3.05) is 25.7 Å². The van der Waals surface area contributed by atoms with E-state index in [1.807, 2.05) is 6.07 Å². The summed E-state index contributed by atoms with van der Waals surface area (Å²) in [7, 11) is 2.88. The van der Waals surface area contributed by atoms with E-state index < -0.39 is 12.0 Å². The number of esters is 1. The molecule has 3 rings (SSSR count). The summed E-state index contributed by atoms with van der Waals surface area (Å²) in [5, 5.41) is 2.90. The molecule has 1 aliphatic heterocycles. The molecule has 1 aliphatic rings. The number of amides is 2. The smallest absolute Gasteiger partial charge is 0.307 e. The van der Waals surface area contributed by atoms with Gasteiger partial charge in [0.05, 0.1) is 26.7 Å². The molecular formula is C22H24N2O5. The first-order valence-corrected chi connectivity index (χ1v) is 9.44. The molecule has 1 saturated heterocycles. The quantitative estimate of drug-likeness (QED) is 0.728. The number of benzene rings is 2. The zero-order valence-electron chi connectivity index (χ0n) is 16.5. The van der Waals surface area contributed by atoms with Crippen molar-refractivity contribution in [3.05, 3.63) is 59.7 Å². The first-order valence-electron chi connectivity index (χ1n) is 9.44. The summed E-state index contributed by atoms with van der Waals surface area (Å²) in [6, 6.07) is 13.5. The monoisotopic (exact) mass is 396 g/mol. The van der Waals surface area contributed by atoms with Gasteiger partial charge >= 0.3 is 5.97 Å². The highest BCUT2D eigenvalue weighted by Crippen LogP contribution is 2.24. The number of methoxy groups -OCH3 is 2. The van der Waals surface area contributed by atoms with Crippen molar-refractivity contribution in [3.63, 3.8) is 0 Å². The minimum Gasteiger partial charge on any atom is -0.497 e. The van der Waals surface area contributed by atoms with Crippen molar-refractivity contribution in [2.24, 2.45) is 0 Å². The van der Waals surface area contributed by atoms with Crippen molar-refractivity contribution < 1.29 is 23.9 Å². The van der Waals surface area contributed by atoms with Crippen molar-refractivity contribution >= 4 is 23.5 Å². The third kappa shape index (κ3) is 4.93. The van der Waals surface area contributed by atoms with E-state index in [4.69, 9.17) is 9.47 Å². The van der Waals surface area contributed by atoms with Crippen LogP contribution in [0.4, 0.5) is 5.69 Å². The number of nitrogens with one attached hydrogen (secondary N) is 1. The summed E-state index contributed by atoms with van der Waals surface area (Å²) in [5.74, 6) is -0.0185. The fourth-order valence-electron chi connectivity index (χ4n) is 3.32.